The SMILES string of the molecule is CCC(C)(CC)C(=O)C=C(O)C(C)(CC)CC.CCC(CC)C(=O)C=C(O)C(CC)CC.Cc1[c-]c(-c2cc(-c3ccccc3)c3cc([Si](C)(C)C)ccc3n2)cc(C)c1[Si](C)(C)C.Cc1[c-]c(-c2cc(-c3ccccc3)c3cc([Si](C)(C)C)ccc3n2)cc(C)c1[Si](C)(C)C.Cc1[c-]c(-c2cc(-c3ccccc3)c3cc([Si](C)(C)C)ccc3n2)cc([Si](C)(C)C)c1.O=C(C=C(O)c1ccccc1)c1ccccc1.[Ir].[Ir].[Ir]. The number of nitrogens with zero attached hydrogens (tertiary/aromatic N) is 3. The van der Waals surface area contributed by atoms with Gasteiger partial charge in [-0.3, -0.25) is 29.3 Å². The van der Waals surface area contributed by atoms with Crippen LogP contribution in [0.15, 0.2) is 278 Å². The first-order valence-electron chi connectivity index (χ1n) is 52.2. The molecule has 785 valence electrons. The van der Waals surface area contributed by atoms with Gasteiger partial charge >= 0.3 is 0 Å². The molecule has 18 heteroatoms. The van der Waals surface area contributed by atoms with E-state index in [0.717, 1.165) is 102 Å². The third kappa shape index (κ3) is 34.0. The standard InChI is InChI=1S/2C29H34NSi2.C28H32NSi2.C15H12O2.C15H28O2.C13H24O2.3Ir/c2*1-20-16-23(17-21(2)29(20)32(6,7)8)28-19-25(22-12-10-9-11-13-22)26-18-24(31(3,4)5)14-15-27(26)30-28;1-20-15-22(17-24(16-20)31(5,6)7)28-19-25(21-11-9-8-10-12-21)26-18-23(30(2,3)4)13-14-27(26)29-28;16-14(12-7-3-1-4-8-12)11-15(17)13-9-5-2-6-10-13;1-7-14(5,8-2)12(16)11-13(17)15(6,9-3)10-4;1-5-10(6-2)12(14)9-13(15)11(7-3)8-4;;;/h2*9-16,18-19H,1-8H3;8-14,16-19H,1-7H3;1-11,16H;11,16H,7-10H2,1-6H3;9-11,14H,5-8H2,1-4H3;;;/q3*-1;;;;;;. The molecule has 14 rings (SSSR count). The number of aliphatic hydroxyl groups is 3. The number of pyridine rings is 3. The molecular formula is C129H164Ir3N3O6Si6-3. The quantitative estimate of drug-likeness (QED) is 0.0137. The first kappa shape index (κ1) is 126. The first-order valence-corrected chi connectivity index (χ1v) is 73.2. The van der Waals surface area contributed by atoms with E-state index >= 15 is 0 Å². The summed E-state index contributed by atoms with van der Waals surface area (Å²) in [7, 11) is -8.54. The number of aliphatic hydroxyl groups excluding tert-OH is 3. The predicted molar refractivity (Wildman–Crippen MR) is 641 cm³/mol. The van der Waals surface area contributed by atoms with Crippen molar-refractivity contribution in [1.29, 1.82) is 0 Å². The largest absolute Gasteiger partial charge is 0.512 e. The maximum absolute atomic E-state index is 12.2. The number of aryl methyl sites for hydroxylation is 5. The Labute approximate surface area is 930 Å². The number of hydrogen-bond acceptors (Lipinski definition) is 9. The van der Waals surface area contributed by atoms with Crippen molar-refractivity contribution >= 4 is 135 Å². The van der Waals surface area contributed by atoms with Crippen molar-refractivity contribution in [2.24, 2.45) is 22.7 Å². The molecule has 0 unspecified atom stereocenters. The zero-order valence-electron chi connectivity index (χ0n) is 94.1. The van der Waals surface area contributed by atoms with Crippen molar-refractivity contribution in [3.05, 3.63) is 336 Å². The van der Waals surface area contributed by atoms with E-state index in [1.165, 1.54) is 127 Å². The molecule has 0 aliphatic carbocycles. The molecule has 147 heavy (non-hydrogen) atoms. The van der Waals surface area contributed by atoms with Crippen LogP contribution in [0.4, 0.5) is 0 Å². The average molecular weight is 2600 g/mol. The maximum atomic E-state index is 12.2. The van der Waals surface area contributed by atoms with E-state index < -0.39 is 48.4 Å². The number of hydrogen-bond donors (Lipinski definition) is 3. The minimum Gasteiger partial charge on any atom is -0.512 e. The zero-order valence-corrected chi connectivity index (χ0v) is 107. The van der Waals surface area contributed by atoms with E-state index in [4.69, 9.17) is 15.0 Å². The number of aromatic nitrogens is 3. The Kier molecular flexibility index (Phi) is 47.2. The Morgan fingerprint density at radius 3 is 0.932 bits per heavy atom. The van der Waals surface area contributed by atoms with Gasteiger partial charge in [0.1, 0.15) is 11.5 Å². The van der Waals surface area contributed by atoms with Gasteiger partial charge in [-0.1, -0.05) is 444 Å². The average Bonchev–Trinajstić information content (AvgIpc) is 0.765. The molecule has 14 aromatic rings. The van der Waals surface area contributed by atoms with Crippen molar-refractivity contribution in [2.75, 3.05) is 0 Å². The summed E-state index contributed by atoms with van der Waals surface area (Å²) < 4.78 is 0. The molecule has 3 radical (unpaired) electrons. The van der Waals surface area contributed by atoms with E-state index in [0.29, 0.717) is 11.1 Å². The number of benzene rings is 11. The van der Waals surface area contributed by atoms with Crippen molar-refractivity contribution in [3.8, 4) is 67.2 Å². The summed E-state index contributed by atoms with van der Waals surface area (Å²) in [5.74, 6) is 0.617. The molecule has 0 aliphatic heterocycles. The fourth-order valence-electron chi connectivity index (χ4n) is 18.7. The second-order valence-electron chi connectivity index (χ2n) is 45.7. The second kappa shape index (κ2) is 55.0. The van der Waals surface area contributed by atoms with Crippen LogP contribution >= 0.6 is 0 Å². The van der Waals surface area contributed by atoms with Crippen LogP contribution in [0, 0.1) is 75.5 Å². The Bertz CT molecular complexity index is 6600. The zero-order chi connectivity index (χ0) is 107. The number of ketones is 3. The van der Waals surface area contributed by atoms with Crippen LogP contribution in [0.5, 0.6) is 0 Å². The smallest absolute Gasteiger partial charge is 0.189 e. The van der Waals surface area contributed by atoms with Gasteiger partial charge in [-0.15, -0.1) is 103 Å². The van der Waals surface area contributed by atoms with Crippen LogP contribution in [0.3, 0.4) is 0 Å². The van der Waals surface area contributed by atoms with Gasteiger partial charge < -0.3 is 15.3 Å². The molecule has 0 spiro atoms. The summed E-state index contributed by atoms with van der Waals surface area (Å²) in [6.45, 7) is 74.5. The summed E-state index contributed by atoms with van der Waals surface area (Å²) in [6.07, 6.45) is 10.9. The van der Waals surface area contributed by atoms with Crippen molar-refractivity contribution < 1.29 is 90.0 Å². The van der Waals surface area contributed by atoms with E-state index in [-0.39, 0.29) is 118 Å². The fraction of sp³-hybridized carbons (Fsp3) is 0.349. The van der Waals surface area contributed by atoms with Gasteiger partial charge in [0.2, 0.25) is 0 Å². The third-order valence-corrected chi connectivity index (χ3v) is 41.1. The topological polar surface area (TPSA) is 151 Å². The van der Waals surface area contributed by atoms with Crippen LogP contribution in [0.1, 0.15) is 164 Å². The molecule has 3 heterocycles. The van der Waals surface area contributed by atoms with Gasteiger partial charge in [0.15, 0.2) is 17.3 Å². The number of carbonyl (C=O) groups is 3. The second-order valence-corrected chi connectivity index (χ2v) is 76.0. The van der Waals surface area contributed by atoms with E-state index in [1.807, 2.05) is 93.5 Å². The van der Waals surface area contributed by atoms with Gasteiger partial charge in [0, 0.05) is 145 Å². The maximum Gasteiger partial charge on any atom is 0.189 e. The van der Waals surface area contributed by atoms with Crippen LogP contribution < -0.4 is 31.1 Å². The Hall–Kier alpha value is -9.47. The Balaban J connectivity index is 0.000000276. The van der Waals surface area contributed by atoms with Crippen LogP contribution in [0.2, 0.25) is 118 Å². The number of carbonyl (C=O) groups excluding carboxylic acids is 3. The van der Waals surface area contributed by atoms with Gasteiger partial charge in [-0.25, -0.2) is 0 Å². The molecule has 0 bridgehead atoms. The van der Waals surface area contributed by atoms with Crippen molar-refractivity contribution in [1.82, 2.24) is 15.0 Å². The van der Waals surface area contributed by atoms with E-state index in [2.05, 4.69) is 359 Å². The van der Waals surface area contributed by atoms with Crippen LogP contribution in [-0.4, -0.2) is 96.1 Å². The molecule has 9 nitrogen and oxygen atoms in total. The van der Waals surface area contributed by atoms with Crippen molar-refractivity contribution in [3.63, 3.8) is 0 Å². The molecule has 3 N–H and O–H groups in total. The minimum absolute atomic E-state index is 0. The monoisotopic (exact) mass is 2600 g/mol. The molecule has 0 amide bonds. The molecule has 0 saturated carbocycles. The van der Waals surface area contributed by atoms with Gasteiger partial charge in [0.05, 0.1) is 54.6 Å². The van der Waals surface area contributed by atoms with E-state index in [1.54, 1.807) is 36.4 Å². The van der Waals surface area contributed by atoms with Gasteiger partial charge in [-0.2, -0.15) is 0 Å². The molecule has 0 aliphatic rings. The number of rotatable bonds is 29. The number of fused-ring (bicyclic) bond motifs is 3. The summed E-state index contributed by atoms with van der Waals surface area (Å²) in [5, 5.41) is 42.3. The molecular weight excluding hydrogens is 2430 g/mol. The minimum atomic E-state index is -1.43. The normalized spacial score (nSPS) is 12.2. The van der Waals surface area contributed by atoms with Crippen LogP contribution in [0.25, 0.3) is 106 Å². The molecule has 0 atom stereocenters. The van der Waals surface area contributed by atoms with Crippen molar-refractivity contribution in [2.45, 2.75) is 273 Å². The van der Waals surface area contributed by atoms with E-state index in [9.17, 15) is 29.7 Å². The summed E-state index contributed by atoms with van der Waals surface area (Å²) in [6, 6.07) is 97.7. The Morgan fingerprint density at radius 1 is 0.333 bits per heavy atom. The summed E-state index contributed by atoms with van der Waals surface area (Å²) in [4.78, 5) is 51.1. The summed E-state index contributed by atoms with van der Waals surface area (Å²) in [5.41, 5.74) is 24.0. The first-order chi connectivity index (χ1) is 67.6. The molecule has 3 aromatic heterocycles. The fourth-order valence-corrected chi connectivity index (χ4v) is 28.3. The summed E-state index contributed by atoms with van der Waals surface area (Å²) >= 11 is 0. The molecule has 0 saturated heterocycles. The van der Waals surface area contributed by atoms with Gasteiger partial charge in [-0.05, 0) is 120 Å². The third-order valence-electron chi connectivity index (χ3n) is 28.5. The van der Waals surface area contributed by atoms with Gasteiger partial charge in [0.25, 0.3) is 0 Å². The molecule has 0 fully saturated rings. The molecule has 11 aromatic carbocycles. The number of allylic oxidation sites excluding steroid dienone is 5. The predicted octanol–water partition coefficient (Wildman–Crippen LogP) is 32.9. The van der Waals surface area contributed by atoms with Crippen LogP contribution in [-0.2, 0) is 69.9 Å². The Morgan fingerprint density at radius 2 is 0.639 bits per heavy atom.